The van der Waals surface area contributed by atoms with Crippen LogP contribution in [0, 0.1) is 18.7 Å². The maximum absolute atomic E-state index is 16.3. The number of anilines is 1. The van der Waals surface area contributed by atoms with Gasteiger partial charge in [0.15, 0.2) is 17.3 Å². The van der Waals surface area contributed by atoms with Crippen LogP contribution in [0.1, 0.15) is 35.7 Å². The highest BCUT2D eigenvalue weighted by Crippen LogP contribution is 2.52. The van der Waals surface area contributed by atoms with E-state index in [0.29, 0.717) is 43.9 Å². The van der Waals surface area contributed by atoms with E-state index in [-0.39, 0.29) is 35.7 Å². The number of hydrogen-bond donors (Lipinski definition) is 1. The third kappa shape index (κ3) is 3.42. The zero-order valence-corrected chi connectivity index (χ0v) is 20.9. The first-order valence-corrected chi connectivity index (χ1v) is 13.3. The fraction of sp³-hybridized carbons (Fsp3) is 0.370. The molecule has 0 spiro atoms. The molecule has 1 aromatic carbocycles. The summed E-state index contributed by atoms with van der Waals surface area (Å²) in [5.41, 5.74) is 4.03. The molecule has 1 saturated heterocycles. The number of fused-ring (bicyclic) bond motifs is 3. The summed E-state index contributed by atoms with van der Waals surface area (Å²) in [6.45, 7) is 3.67. The number of carbonyl (C=O) groups excluding carboxylic acids is 2. The first-order chi connectivity index (χ1) is 17.9. The number of nitrogens with one attached hydrogen (secondary N) is 1. The SMILES string of the molecule is Cc1nsc2c1CC1C=C(N3CCNC(c4ccc(F)cc4)C3)C(F)=C3OC4=C(CCC(=O)C4=O)N2C31. The van der Waals surface area contributed by atoms with Crippen LogP contribution in [0.15, 0.2) is 59.1 Å². The second kappa shape index (κ2) is 8.32. The van der Waals surface area contributed by atoms with E-state index in [1.165, 1.54) is 23.7 Å². The van der Waals surface area contributed by atoms with Gasteiger partial charge in [0.05, 0.1) is 17.1 Å². The van der Waals surface area contributed by atoms with Crippen molar-refractivity contribution in [2.24, 2.45) is 5.92 Å². The van der Waals surface area contributed by atoms with E-state index in [0.717, 1.165) is 21.8 Å². The maximum Gasteiger partial charge on any atom is 0.265 e. The Hall–Kier alpha value is -3.37. The standard InChI is InChI=1S/C27H24F2N4O3S/c1-13-17-10-15-11-20(32-9-8-30-18(12-32)14-2-4-16(28)5-3-14)22(29)26-23(15)33(27(17)37-31-13)19-6-7-21(34)24(35)25(19)36-26/h2-5,11,15,18,23,30H,6-10,12H2,1H3. The van der Waals surface area contributed by atoms with Gasteiger partial charge in [-0.2, -0.15) is 4.37 Å². The second-order valence-electron chi connectivity index (χ2n) is 10.1. The van der Waals surface area contributed by atoms with Crippen LogP contribution < -0.4 is 10.2 Å². The topological polar surface area (TPSA) is 74.8 Å². The molecule has 2 aromatic rings. The van der Waals surface area contributed by atoms with Gasteiger partial charge in [0.1, 0.15) is 16.9 Å². The van der Waals surface area contributed by atoms with Crippen molar-refractivity contribution in [3.05, 3.63) is 81.7 Å². The summed E-state index contributed by atoms with van der Waals surface area (Å²) in [6, 6.07) is 5.83. The molecular weight excluding hydrogens is 498 g/mol. The lowest BCUT2D eigenvalue weighted by atomic mass is 9.79. The van der Waals surface area contributed by atoms with Crippen LogP contribution in [0.2, 0.25) is 0 Å². The molecule has 7 nitrogen and oxygen atoms in total. The van der Waals surface area contributed by atoms with Crippen LogP contribution in [0.25, 0.3) is 0 Å². The molecule has 7 rings (SSSR count). The Bertz CT molecular complexity index is 1440. The van der Waals surface area contributed by atoms with Gasteiger partial charge in [0.2, 0.25) is 5.78 Å². The summed E-state index contributed by atoms with van der Waals surface area (Å²) in [7, 11) is 0. The van der Waals surface area contributed by atoms with E-state index in [1.54, 1.807) is 12.1 Å². The minimum absolute atomic E-state index is 0.0546. The molecular formula is C27H24F2N4O3S. The number of aromatic nitrogens is 1. The van der Waals surface area contributed by atoms with Gasteiger partial charge >= 0.3 is 0 Å². The highest BCUT2D eigenvalue weighted by atomic mass is 32.1. The Morgan fingerprint density at radius 1 is 1.16 bits per heavy atom. The summed E-state index contributed by atoms with van der Waals surface area (Å²) in [6.07, 6.45) is 3.18. The molecule has 190 valence electrons. The van der Waals surface area contributed by atoms with Crippen molar-refractivity contribution in [2.75, 3.05) is 24.5 Å². The van der Waals surface area contributed by atoms with E-state index < -0.39 is 23.4 Å². The van der Waals surface area contributed by atoms with Crippen LogP contribution in [0.5, 0.6) is 0 Å². The zero-order valence-electron chi connectivity index (χ0n) is 20.1. The van der Waals surface area contributed by atoms with Gasteiger partial charge in [-0.1, -0.05) is 18.2 Å². The molecule has 10 heteroatoms. The summed E-state index contributed by atoms with van der Waals surface area (Å²) < 4.78 is 40.4. The number of ether oxygens (including phenoxy) is 1. The Morgan fingerprint density at radius 2 is 1.97 bits per heavy atom. The highest BCUT2D eigenvalue weighted by molar-refractivity contribution is 7.10. The Morgan fingerprint density at radius 3 is 2.78 bits per heavy atom. The van der Waals surface area contributed by atoms with E-state index in [1.807, 2.05) is 22.8 Å². The van der Waals surface area contributed by atoms with Crippen molar-refractivity contribution in [1.82, 2.24) is 14.6 Å². The molecule has 3 unspecified atom stereocenters. The number of allylic oxidation sites excluding steroid dienone is 3. The molecule has 1 fully saturated rings. The number of halogens is 2. The smallest absolute Gasteiger partial charge is 0.265 e. The van der Waals surface area contributed by atoms with Crippen LogP contribution in [0.3, 0.4) is 0 Å². The third-order valence-electron chi connectivity index (χ3n) is 7.99. The van der Waals surface area contributed by atoms with Crippen molar-refractivity contribution < 1.29 is 23.1 Å². The van der Waals surface area contributed by atoms with E-state index in [9.17, 15) is 14.0 Å². The molecule has 1 aromatic heterocycles. The van der Waals surface area contributed by atoms with Crippen LogP contribution in [-0.2, 0) is 20.7 Å². The van der Waals surface area contributed by atoms with E-state index >= 15 is 4.39 Å². The van der Waals surface area contributed by atoms with Gasteiger partial charge in [-0.25, -0.2) is 8.78 Å². The molecule has 3 aliphatic heterocycles. The van der Waals surface area contributed by atoms with Crippen LogP contribution >= 0.6 is 11.5 Å². The van der Waals surface area contributed by atoms with Crippen molar-refractivity contribution in [2.45, 2.75) is 38.3 Å². The fourth-order valence-corrected chi connectivity index (χ4v) is 7.14. The minimum Gasteiger partial charge on any atom is -0.450 e. The summed E-state index contributed by atoms with van der Waals surface area (Å²) in [4.78, 5) is 29.1. The number of hydrogen-bond acceptors (Lipinski definition) is 8. The van der Waals surface area contributed by atoms with Gasteiger partial charge in [0, 0.05) is 43.6 Å². The molecule has 5 aliphatic rings. The summed E-state index contributed by atoms with van der Waals surface area (Å²) >= 11 is 1.34. The van der Waals surface area contributed by atoms with Gasteiger partial charge in [-0.15, -0.1) is 0 Å². The summed E-state index contributed by atoms with van der Waals surface area (Å²) in [5.74, 6) is -2.06. The maximum atomic E-state index is 16.3. The van der Waals surface area contributed by atoms with Gasteiger partial charge < -0.3 is 19.9 Å². The van der Waals surface area contributed by atoms with E-state index in [4.69, 9.17) is 4.74 Å². The fourth-order valence-electron chi connectivity index (χ4n) is 6.15. The molecule has 1 N–H and O–H groups in total. The van der Waals surface area contributed by atoms with Crippen LogP contribution in [0.4, 0.5) is 13.8 Å². The Kier molecular flexibility index (Phi) is 5.13. The van der Waals surface area contributed by atoms with Crippen molar-refractivity contribution in [1.29, 1.82) is 0 Å². The van der Waals surface area contributed by atoms with E-state index in [2.05, 4.69) is 9.69 Å². The Balaban J connectivity index is 1.31. The van der Waals surface area contributed by atoms with Crippen molar-refractivity contribution >= 4 is 28.1 Å². The minimum atomic E-state index is -0.695. The number of Topliss-reactive ketones (excluding diaryl/α,β-unsaturated/α-hetero) is 2. The van der Waals surface area contributed by atoms with Crippen molar-refractivity contribution in [3.8, 4) is 0 Å². The number of benzene rings is 1. The average molecular weight is 523 g/mol. The lowest BCUT2D eigenvalue weighted by Gasteiger charge is -2.49. The zero-order chi connectivity index (χ0) is 25.4. The van der Waals surface area contributed by atoms with Gasteiger partial charge in [-0.3, -0.25) is 9.59 Å². The predicted octanol–water partition coefficient (Wildman–Crippen LogP) is 3.84. The normalized spacial score (nSPS) is 27.0. The predicted molar refractivity (Wildman–Crippen MR) is 133 cm³/mol. The van der Waals surface area contributed by atoms with Gasteiger partial charge in [0.25, 0.3) is 5.78 Å². The monoisotopic (exact) mass is 522 g/mol. The number of carbonyl (C=O) groups is 2. The van der Waals surface area contributed by atoms with Crippen molar-refractivity contribution in [3.63, 3.8) is 0 Å². The molecule has 0 saturated carbocycles. The number of aryl methyl sites for hydroxylation is 1. The lowest BCUT2D eigenvalue weighted by molar-refractivity contribution is -0.137. The first-order valence-electron chi connectivity index (χ1n) is 12.5. The molecule has 0 bridgehead atoms. The molecule has 0 radical (unpaired) electrons. The molecule has 37 heavy (non-hydrogen) atoms. The largest absolute Gasteiger partial charge is 0.450 e. The highest BCUT2D eigenvalue weighted by Gasteiger charge is 2.51. The number of nitrogens with zero attached hydrogens (tertiary/aromatic N) is 3. The molecule has 3 atom stereocenters. The van der Waals surface area contributed by atoms with Gasteiger partial charge in [-0.05, 0) is 49.0 Å². The quantitative estimate of drug-likeness (QED) is 0.601. The molecule has 4 heterocycles. The number of piperazine rings is 1. The average Bonchev–Trinajstić information content (AvgIpc) is 3.28. The number of rotatable bonds is 2. The lowest BCUT2D eigenvalue weighted by Crippen LogP contribution is -2.53. The second-order valence-corrected chi connectivity index (χ2v) is 10.9. The number of ketones is 2. The van der Waals surface area contributed by atoms with Crippen LogP contribution in [-0.4, -0.2) is 46.5 Å². The third-order valence-corrected chi connectivity index (χ3v) is 8.97. The molecule has 0 amide bonds. The molecule has 2 aliphatic carbocycles. The summed E-state index contributed by atoms with van der Waals surface area (Å²) in [5, 5.41) is 4.34. The Labute approximate surface area is 216 Å². The first kappa shape index (κ1) is 22.8.